The zero-order valence-corrected chi connectivity index (χ0v) is 62.7. The van der Waals surface area contributed by atoms with Gasteiger partial charge in [-0.2, -0.15) is 34.1 Å². The molecule has 2 atom stereocenters. The number of amides is 2. The maximum atomic E-state index is 11.7. The number of benzene rings is 5. The molecular formula is C66H81BrCl3N19O8S3. The molecular weight excluding hydrogens is 1470 g/mol. The highest BCUT2D eigenvalue weighted by molar-refractivity contribution is 9.10. The molecule has 534 valence electrons. The monoisotopic (exact) mass is 1550 g/mol. The van der Waals surface area contributed by atoms with Gasteiger partial charge in [-0.1, -0.05) is 62.9 Å². The number of rotatable bonds is 9. The minimum atomic E-state index is -3.16. The number of anilines is 4. The molecule has 15 rings (SSSR count). The Balaban J connectivity index is 0.000000126. The van der Waals surface area contributed by atoms with E-state index < -0.39 is 30.1 Å². The van der Waals surface area contributed by atoms with Gasteiger partial charge >= 0.3 is 0 Å². The van der Waals surface area contributed by atoms with E-state index in [1.54, 1.807) is 34.9 Å². The molecule has 34 heteroatoms. The van der Waals surface area contributed by atoms with Crippen LogP contribution in [0.15, 0.2) is 108 Å². The number of hydrogen-bond donors (Lipinski definition) is 6. The first-order chi connectivity index (χ1) is 47.6. The summed E-state index contributed by atoms with van der Waals surface area (Å²) in [5.74, 6) is 0.291. The second-order valence-electron chi connectivity index (χ2n) is 25.5. The van der Waals surface area contributed by atoms with Gasteiger partial charge in [-0.15, -0.1) is 0 Å². The Morgan fingerprint density at radius 3 is 1.49 bits per heavy atom. The van der Waals surface area contributed by atoms with Crippen molar-refractivity contribution in [1.29, 1.82) is 0 Å². The van der Waals surface area contributed by atoms with E-state index in [-0.39, 0.29) is 23.9 Å². The lowest BCUT2D eigenvalue weighted by atomic mass is 9.97. The van der Waals surface area contributed by atoms with Gasteiger partial charge in [0.15, 0.2) is 0 Å². The second-order valence-corrected chi connectivity index (χ2v) is 33.7. The fourth-order valence-electron chi connectivity index (χ4n) is 13.5. The minimum Gasteiger partial charge on any atom is -0.382 e. The Labute approximate surface area is 604 Å². The van der Waals surface area contributed by atoms with Crippen LogP contribution in [0, 0.1) is 0 Å². The topological polar surface area (TPSA) is 318 Å². The fraction of sp³-hybridized carbons (Fsp3) is 0.409. The Bertz CT molecular complexity index is 4980. The lowest BCUT2D eigenvalue weighted by Crippen LogP contribution is -2.53. The molecule has 4 fully saturated rings. The van der Waals surface area contributed by atoms with Crippen molar-refractivity contribution in [3.63, 3.8) is 0 Å². The summed E-state index contributed by atoms with van der Waals surface area (Å²) in [4.78, 5) is 33.4. The molecule has 5 aromatic carbocycles. The molecule has 5 aromatic heterocycles. The molecule has 0 bridgehead atoms. The third kappa shape index (κ3) is 17.6. The molecule has 4 saturated heterocycles. The van der Waals surface area contributed by atoms with Crippen LogP contribution in [0.1, 0.15) is 52.5 Å². The summed E-state index contributed by atoms with van der Waals surface area (Å²) in [6.45, 7) is 16.7. The summed E-state index contributed by atoms with van der Waals surface area (Å²) in [6.07, 6.45) is 17.1. The maximum Gasteiger partial charge on any atom is 0.219 e. The van der Waals surface area contributed by atoms with Crippen LogP contribution in [-0.4, -0.2) is 239 Å². The predicted molar refractivity (Wildman–Crippen MR) is 402 cm³/mol. The first kappa shape index (κ1) is 73.6. The van der Waals surface area contributed by atoms with Gasteiger partial charge in [-0.05, 0) is 105 Å². The maximum absolute atomic E-state index is 11.7. The molecule has 6 N–H and O–H groups in total. The van der Waals surface area contributed by atoms with Crippen LogP contribution in [-0.2, 0) is 39.7 Å². The number of nitrogens with one attached hydrogen (secondary N) is 6. The van der Waals surface area contributed by atoms with Gasteiger partial charge in [0.1, 0.15) is 0 Å². The summed E-state index contributed by atoms with van der Waals surface area (Å²) in [6, 6.07) is 21.9. The highest BCUT2D eigenvalue weighted by Gasteiger charge is 2.32. The number of H-pyrrole nitrogens is 5. The summed E-state index contributed by atoms with van der Waals surface area (Å²) in [5, 5.41) is 45.8. The van der Waals surface area contributed by atoms with Gasteiger partial charge in [0.25, 0.3) is 0 Å². The number of fused-ring (bicyclic) bond motifs is 5. The molecule has 0 radical (unpaired) electrons. The second kappa shape index (κ2) is 31.3. The normalized spacial score (nSPS) is 18.6. The molecule has 27 nitrogen and oxygen atoms in total. The molecule has 10 heterocycles. The Hall–Kier alpha value is -7.59. The number of aromatic nitrogens is 10. The average molecular weight is 1550 g/mol. The van der Waals surface area contributed by atoms with Crippen LogP contribution >= 0.6 is 50.7 Å². The first-order valence-electron chi connectivity index (χ1n) is 32.6. The van der Waals surface area contributed by atoms with Gasteiger partial charge in [-0.25, -0.2) is 29.6 Å². The van der Waals surface area contributed by atoms with Gasteiger partial charge in [0, 0.05) is 193 Å². The van der Waals surface area contributed by atoms with E-state index in [9.17, 15) is 34.8 Å². The van der Waals surface area contributed by atoms with Crippen molar-refractivity contribution in [2.75, 3.05) is 130 Å². The van der Waals surface area contributed by atoms with Crippen LogP contribution in [0.4, 0.5) is 22.7 Å². The van der Waals surface area contributed by atoms with Gasteiger partial charge in [0.05, 0.1) is 77.3 Å². The van der Waals surface area contributed by atoms with Crippen molar-refractivity contribution >= 4 is 175 Å². The van der Waals surface area contributed by atoms with Crippen LogP contribution in [0.5, 0.6) is 0 Å². The Kier molecular flexibility index (Phi) is 23.1. The lowest BCUT2D eigenvalue weighted by molar-refractivity contribution is -0.131. The lowest BCUT2D eigenvalue weighted by Gasteiger charge is -2.40. The fourth-order valence-corrected chi connectivity index (χ4v) is 17.3. The summed E-state index contributed by atoms with van der Waals surface area (Å²) >= 11 is 22.0. The van der Waals surface area contributed by atoms with Crippen LogP contribution in [0.3, 0.4) is 0 Å². The highest BCUT2D eigenvalue weighted by atomic mass is 79.9. The summed E-state index contributed by atoms with van der Waals surface area (Å²) in [5.41, 5.74) is 11.2. The number of sulfonamides is 3. The largest absolute Gasteiger partial charge is 0.382 e. The standard InChI is InChI=1S/C14H17ClN4O.C13H15BrN4O.C13H17ClN4O2S.C13H14ClN3O2S.C13H18N4O2S/c1-9-8-18(3-4-19(9)10(2)20)14-6-11(15)5-13-12(14)7-16-17-13;1-9(19)17-2-4-18(5-3-17)13-7-10(14)6-12-11(13)8-15-16-12;1-9-8-17(3-4-18(9)21(2,19)20)13-6-10(14)5-12-11(13)7-15-16-12;1-20(18,19)17-4-2-9(3-5-17)11-6-10(14)7-13-12(11)8-15-16-13;1-20(18,19)17-7-5-10(6-8-17)15-12-3-2-4-13-11(12)9-14-16-13/h5-7,9H,3-4,8H2,1-2H3,(H,16,17);6-8H,2-5H2,1H3,(H,15,16);5-7,9H,3-4,8H2,1-2H3,(H,15,16);2,6-8H,3-5H2,1H3,(H,15,16);2-4,9-10,15H,5-8H2,1H3,(H,14,16). The van der Waals surface area contributed by atoms with E-state index in [1.807, 2.05) is 102 Å². The van der Waals surface area contributed by atoms with E-state index in [0.29, 0.717) is 73.3 Å². The number of carbonyl (C=O) groups excluding carboxylic acids is 2. The van der Waals surface area contributed by atoms with Gasteiger partial charge in [-0.3, -0.25) is 35.1 Å². The smallest absolute Gasteiger partial charge is 0.219 e. The molecule has 100 heavy (non-hydrogen) atoms. The van der Waals surface area contributed by atoms with E-state index in [1.165, 1.54) is 28.8 Å². The van der Waals surface area contributed by atoms with Crippen molar-refractivity contribution in [2.24, 2.45) is 0 Å². The average Bonchev–Trinajstić information content (AvgIpc) is 1.58. The molecule has 0 aliphatic carbocycles. The quantitative estimate of drug-likeness (QED) is 0.0783. The molecule has 10 aromatic rings. The van der Waals surface area contributed by atoms with E-state index in [0.717, 1.165) is 146 Å². The van der Waals surface area contributed by atoms with E-state index in [2.05, 4.69) is 99.9 Å². The number of piperazine rings is 3. The van der Waals surface area contributed by atoms with Crippen molar-refractivity contribution in [3.05, 3.63) is 129 Å². The molecule has 0 spiro atoms. The number of carbonyl (C=O) groups is 2. The molecule has 5 aliphatic heterocycles. The Morgan fingerprint density at radius 1 is 0.510 bits per heavy atom. The van der Waals surface area contributed by atoms with E-state index in [4.69, 9.17) is 34.8 Å². The molecule has 5 aliphatic rings. The molecule has 2 amide bonds. The number of nitrogens with zero attached hydrogens (tertiary/aromatic N) is 13. The zero-order chi connectivity index (χ0) is 71.4. The van der Waals surface area contributed by atoms with Gasteiger partial charge in [0.2, 0.25) is 41.9 Å². The highest BCUT2D eigenvalue weighted by Crippen LogP contribution is 2.36. The predicted octanol–water partition coefficient (Wildman–Crippen LogP) is 9.62. The first-order valence-corrected chi connectivity index (χ1v) is 40.1. The number of hydrogen-bond acceptors (Lipinski definition) is 17. The summed E-state index contributed by atoms with van der Waals surface area (Å²) in [7, 11) is -9.34. The van der Waals surface area contributed by atoms with Crippen LogP contribution in [0.2, 0.25) is 15.1 Å². The van der Waals surface area contributed by atoms with Crippen molar-refractivity contribution in [2.45, 2.75) is 65.1 Å². The third-order valence-electron chi connectivity index (χ3n) is 18.6. The minimum absolute atomic E-state index is 0.0744. The van der Waals surface area contributed by atoms with Crippen LogP contribution < -0.4 is 20.0 Å². The summed E-state index contributed by atoms with van der Waals surface area (Å²) < 4.78 is 75.1. The van der Waals surface area contributed by atoms with Crippen molar-refractivity contribution in [3.8, 4) is 0 Å². The van der Waals surface area contributed by atoms with Crippen molar-refractivity contribution < 1.29 is 34.8 Å². The van der Waals surface area contributed by atoms with E-state index >= 15 is 0 Å². The molecule has 0 saturated carbocycles. The third-order valence-corrected chi connectivity index (χ3v) is 23.6. The number of aromatic amines is 5. The van der Waals surface area contributed by atoms with Crippen LogP contribution in [0.25, 0.3) is 60.1 Å². The number of halogens is 4. The molecule has 2 unspecified atom stereocenters. The Morgan fingerprint density at radius 2 is 0.990 bits per heavy atom. The number of piperidine rings is 1. The SMILES string of the molecule is CC(=O)N1CCN(c2cc(Br)cc3[nH]ncc23)CC1.CC(=O)N1CCN(c2cc(Cl)cc3[nH]ncc23)CC1C.CC1CN(c2cc(Cl)cc3[nH]ncc23)CCN1S(C)(=O)=O.CS(=O)(=O)N1CC=C(c2cc(Cl)cc3[nH]ncc23)CC1.CS(=O)(=O)N1CCC(Nc2cccc3[nH]ncc23)CC1. The zero-order valence-electron chi connectivity index (χ0n) is 56.4. The van der Waals surface area contributed by atoms with Gasteiger partial charge < -0.3 is 29.8 Å². The van der Waals surface area contributed by atoms with Crippen molar-refractivity contribution in [1.82, 2.24) is 73.7 Å².